The number of morpholine rings is 1. The van der Waals surface area contributed by atoms with E-state index < -0.39 is 27.0 Å². The molecule has 30 heavy (non-hydrogen) atoms. The molecule has 5 nitrogen and oxygen atoms in total. The zero-order chi connectivity index (χ0) is 22.5. The van der Waals surface area contributed by atoms with E-state index in [0.717, 1.165) is 17.7 Å². The number of carbonyl (C=O) groups is 1. The molecule has 0 aliphatic carbocycles. The normalized spacial score (nSPS) is 22.9. The smallest absolute Gasteiger partial charge is 0.198 e. The summed E-state index contributed by atoms with van der Waals surface area (Å²) in [5.41, 5.74) is 1.70. The van der Waals surface area contributed by atoms with Crippen molar-refractivity contribution >= 4 is 21.3 Å². The first-order valence-electron chi connectivity index (χ1n) is 10.8. The minimum Gasteiger partial charge on any atom is -0.369 e. The van der Waals surface area contributed by atoms with Crippen LogP contribution >= 0.6 is 0 Å². The van der Waals surface area contributed by atoms with Crippen molar-refractivity contribution in [1.82, 2.24) is 0 Å². The Kier molecular flexibility index (Phi) is 8.45. The van der Waals surface area contributed by atoms with Crippen molar-refractivity contribution in [2.45, 2.75) is 90.0 Å². The molecule has 0 saturated carbocycles. The van der Waals surface area contributed by atoms with Gasteiger partial charge in [-0.05, 0) is 65.2 Å². The van der Waals surface area contributed by atoms with Crippen LogP contribution in [0, 0.1) is 0 Å². The number of halogens is 1. The van der Waals surface area contributed by atoms with Crippen molar-refractivity contribution in [2.24, 2.45) is 0 Å². The Morgan fingerprint density at radius 3 is 2.37 bits per heavy atom. The molecule has 0 N–H and O–H groups in total. The molecule has 0 radical (unpaired) electrons. The van der Waals surface area contributed by atoms with Crippen LogP contribution in [0.2, 0.25) is 0 Å². The Labute approximate surface area is 180 Å². The van der Waals surface area contributed by atoms with E-state index in [1.807, 2.05) is 31.2 Å². The van der Waals surface area contributed by atoms with Crippen molar-refractivity contribution in [3.05, 3.63) is 29.8 Å². The lowest BCUT2D eigenvalue weighted by atomic mass is 10.0. The highest BCUT2D eigenvalue weighted by molar-refractivity contribution is 7.92. The van der Waals surface area contributed by atoms with Crippen molar-refractivity contribution in [3.63, 3.8) is 0 Å². The van der Waals surface area contributed by atoms with Crippen LogP contribution in [0.4, 0.5) is 10.1 Å². The van der Waals surface area contributed by atoms with Crippen molar-refractivity contribution in [1.29, 1.82) is 0 Å². The average Bonchev–Trinajstić information content (AvgIpc) is 2.64. The Morgan fingerprint density at radius 1 is 1.13 bits per heavy atom. The quantitative estimate of drug-likeness (QED) is 0.418. The van der Waals surface area contributed by atoms with Crippen LogP contribution in [-0.4, -0.2) is 49.7 Å². The molecule has 1 saturated heterocycles. The van der Waals surface area contributed by atoms with Crippen LogP contribution in [0.15, 0.2) is 24.3 Å². The number of ketones is 1. The predicted molar refractivity (Wildman–Crippen MR) is 119 cm³/mol. The number of nitrogens with zero attached hydrogens (tertiary/aromatic N) is 1. The molecular formula is C23H36FNO4S. The molecular weight excluding hydrogens is 405 g/mol. The van der Waals surface area contributed by atoms with Gasteiger partial charge >= 0.3 is 0 Å². The lowest BCUT2D eigenvalue weighted by Gasteiger charge is -2.39. The summed E-state index contributed by atoms with van der Waals surface area (Å²) in [7, 11) is -3.09. The number of benzene rings is 1. The van der Waals surface area contributed by atoms with E-state index in [1.54, 1.807) is 32.6 Å². The highest BCUT2D eigenvalue weighted by Gasteiger charge is 2.32. The number of rotatable bonds is 9. The zero-order valence-electron chi connectivity index (χ0n) is 18.9. The number of anilines is 1. The molecule has 1 aromatic carbocycles. The summed E-state index contributed by atoms with van der Waals surface area (Å²) in [4.78, 5) is 14.0. The number of sulfone groups is 1. The summed E-state index contributed by atoms with van der Waals surface area (Å²) in [6.45, 7) is 9.30. The molecule has 1 aliphatic heterocycles. The molecule has 1 aromatic rings. The monoisotopic (exact) mass is 441 g/mol. The summed E-state index contributed by atoms with van der Waals surface area (Å²) in [6.07, 6.45) is 1.10. The second-order valence-corrected chi connectivity index (χ2v) is 12.2. The van der Waals surface area contributed by atoms with Gasteiger partial charge in [0.05, 0.1) is 16.6 Å². The van der Waals surface area contributed by atoms with Gasteiger partial charge in [0, 0.05) is 25.1 Å². The highest BCUT2D eigenvalue weighted by Crippen LogP contribution is 2.26. The summed E-state index contributed by atoms with van der Waals surface area (Å²) in [6, 6.07) is 7.47. The van der Waals surface area contributed by atoms with Crippen LogP contribution in [0.5, 0.6) is 0 Å². The van der Waals surface area contributed by atoms with Gasteiger partial charge in [0.2, 0.25) is 0 Å². The van der Waals surface area contributed by atoms with Crippen LogP contribution in [-0.2, 0) is 25.8 Å². The summed E-state index contributed by atoms with van der Waals surface area (Å²) in [5.74, 6) is 0.305. The molecule has 170 valence electrons. The first kappa shape index (κ1) is 24.8. The van der Waals surface area contributed by atoms with Gasteiger partial charge in [-0.15, -0.1) is 0 Å². The summed E-state index contributed by atoms with van der Waals surface area (Å²) >= 11 is 0. The van der Waals surface area contributed by atoms with Crippen LogP contribution in [0.3, 0.4) is 0 Å². The molecule has 7 heteroatoms. The number of Topliss-reactive ketones (excluding diaryl/α,β-unsaturated/α-hetero) is 1. The summed E-state index contributed by atoms with van der Waals surface area (Å²) in [5, 5.41) is 0. The first-order valence-corrected chi connectivity index (χ1v) is 12.4. The van der Waals surface area contributed by atoms with Gasteiger partial charge in [-0.2, -0.15) is 0 Å². The van der Waals surface area contributed by atoms with E-state index in [9.17, 15) is 17.6 Å². The number of hydrogen-bond donors (Lipinski definition) is 0. The van der Waals surface area contributed by atoms with Gasteiger partial charge in [-0.25, -0.2) is 12.8 Å². The van der Waals surface area contributed by atoms with Crippen molar-refractivity contribution < 1.29 is 22.3 Å². The summed E-state index contributed by atoms with van der Waals surface area (Å²) < 4.78 is 43.4. The lowest BCUT2D eigenvalue weighted by Crippen LogP contribution is -2.51. The first-order chi connectivity index (χ1) is 13.9. The fourth-order valence-electron chi connectivity index (χ4n) is 3.57. The molecule has 0 amide bonds. The molecule has 0 spiro atoms. The van der Waals surface area contributed by atoms with Crippen LogP contribution in [0.1, 0.15) is 65.9 Å². The Bertz CT molecular complexity index is 801. The molecule has 2 rings (SSSR count). The van der Waals surface area contributed by atoms with E-state index >= 15 is 0 Å². The van der Waals surface area contributed by atoms with Crippen molar-refractivity contribution in [2.75, 3.05) is 17.2 Å². The predicted octanol–water partition coefficient (Wildman–Crippen LogP) is 4.48. The van der Waals surface area contributed by atoms with Gasteiger partial charge < -0.3 is 9.64 Å². The minimum absolute atomic E-state index is 0.0355. The number of alkyl halides is 1. The fraction of sp³-hybridized carbons (Fsp3) is 0.696. The van der Waals surface area contributed by atoms with E-state index in [1.165, 1.54) is 0 Å². The van der Waals surface area contributed by atoms with Gasteiger partial charge in [0.25, 0.3) is 0 Å². The Morgan fingerprint density at radius 2 is 1.77 bits per heavy atom. The molecule has 1 heterocycles. The maximum absolute atomic E-state index is 14.5. The van der Waals surface area contributed by atoms with Crippen molar-refractivity contribution in [3.8, 4) is 0 Å². The van der Waals surface area contributed by atoms with Crippen LogP contribution in [0.25, 0.3) is 0 Å². The van der Waals surface area contributed by atoms with Gasteiger partial charge in [-0.3, -0.25) is 4.79 Å². The topological polar surface area (TPSA) is 63.7 Å². The second kappa shape index (κ2) is 10.2. The van der Waals surface area contributed by atoms with E-state index in [4.69, 9.17) is 4.74 Å². The minimum atomic E-state index is -3.09. The maximum Gasteiger partial charge on any atom is 0.198 e. The molecule has 1 unspecified atom stereocenters. The molecule has 0 bridgehead atoms. The average molecular weight is 442 g/mol. The standard InChI is InChI=1S/C23H36FNO4S/c1-17-16-25(22(24)18(2)29-17)20-12-10-19(11-13-20)15-21(26)9-7-6-8-14-30(27,28)23(3,4)5/h10-13,17-18,22H,6-9,14-16H2,1-5H3/t17-,18+,22?/m0/s1. The van der Waals surface area contributed by atoms with Gasteiger partial charge in [-0.1, -0.05) is 18.6 Å². The third-order valence-corrected chi connectivity index (χ3v) is 8.25. The maximum atomic E-state index is 14.5. The number of ether oxygens (including phenoxy) is 1. The SMILES string of the molecule is C[C@H]1CN(c2ccc(CC(=O)CCCCCS(=O)(=O)C(C)(C)C)cc2)C(F)[C@@H](C)O1. The third-order valence-electron chi connectivity index (χ3n) is 5.56. The van der Waals surface area contributed by atoms with E-state index in [2.05, 4.69) is 0 Å². The Hall–Kier alpha value is -1.47. The Balaban J connectivity index is 1.77. The van der Waals surface area contributed by atoms with E-state index in [0.29, 0.717) is 32.2 Å². The largest absolute Gasteiger partial charge is 0.369 e. The highest BCUT2D eigenvalue weighted by atomic mass is 32.2. The van der Waals surface area contributed by atoms with E-state index in [-0.39, 0.29) is 17.6 Å². The number of carbonyl (C=O) groups excluding carboxylic acids is 1. The van der Waals surface area contributed by atoms with Gasteiger partial charge in [0.1, 0.15) is 11.9 Å². The van der Waals surface area contributed by atoms with Crippen LogP contribution < -0.4 is 4.90 Å². The molecule has 0 aromatic heterocycles. The lowest BCUT2D eigenvalue weighted by molar-refractivity contribution is -0.118. The second-order valence-electron chi connectivity index (χ2n) is 9.30. The number of hydrogen-bond acceptors (Lipinski definition) is 5. The zero-order valence-corrected chi connectivity index (χ0v) is 19.7. The van der Waals surface area contributed by atoms with Gasteiger partial charge in [0.15, 0.2) is 16.1 Å². The number of unbranched alkanes of at least 4 members (excludes halogenated alkanes) is 2. The third kappa shape index (κ3) is 6.77. The fourth-order valence-corrected chi connectivity index (χ4v) is 4.77. The molecule has 3 atom stereocenters. The molecule has 1 aliphatic rings. The molecule has 1 fully saturated rings.